The van der Waals surface area contributed by atoms with Crippen LogP contribution in [0.4, 0.5) is 17.1 Å². The molecule has 0 unspecified atom stereocenters. The Labute approximate surface area is 337 Å². The zero-order valence-electron chi connectivity index (χ0n) is 31.7. The minimum absolute atomic E-state index is 0.888. The predicted molar refractivity (Wildman–Crippen MR) is 245 cm³/mol. The number of fused-ring (bicyclic) bond motifs is 5. The maximum Gasteiger partial charge on any atom is 0.143 e. The first-order valence-electron chi connectivity index (χ1n) is 19.8. The molecule has 0 N–H and O–H groups in total. The molecule has 0 fully saturated rings. The number of rotatable bonds is 7. The fourth-order valence-corrected chi connectivity index (χ4v) is 8.60. The van der Waals surface area contributed by atoms with Gasteiger partial charge in [-0.15, -0.1) is 0 Å². The van der Waals surface area contributed by atoms with Crippen LogP contribution >= 0.6 is 0 Å². The van der Waals surface area contributed by atoms with Gasteiger partial charge in [0.05, 0.1) is 5.69 Å². The van der Waals surface area contributed by atoms with E-state index in [0.29, 0.717) is 0 Å². The summed E-state index contributed by atoms with van der Waals surface area (Å²) in [6.45, 7) is 0. The summed E-state index contributed by atoms with van der Waals surface area (Å²) in [4.78, 5) is 2.39. The Balaban J connectivity index is 1.07. The number of furan rings is 1. The molecule has 0 aliphatic heterocycles. The number of hydrogen-bond donors (Lipinski definition) is 0. The second-order valence-electron chi connectivity index (χ2n) is 14.9. The zero-order valence-corrected chi connectivity index (χ0v) is 31.7. The van der Waals surface area contributed by atoms with Crippen LogP contribution in [-0.4, -0.2) is 0 Å². The van der Waals surface area contributed by atoms with E-state index < -0.39 is 0 Å². The number of anilines is 3. The Morgan fingerprint density at radius 3 is 1.62 bits per heavy atom. The molecule has 1 heterocycles. The third-order valence-electron chi connectivity index (χ3n) is 11.5. The van der Waals surface area contributed by atoms with E-state index in [1.165, 1.54) is 54.9 Å². The summed E-state index contributed by atoms with van der Waals surface area (Å²) in [5.41, 5.74) is 14.3. The molecule has 58 heavy (non-hydrogen) atoms. The summed E-state index contributed by atoms with van der Waals surface area (Å²) < 4.78 is 6.79. The van der Waals surface area contributed by atoms with Crippen molar-refractivity contribution < 1.29 is 4.42 Å². The van der Waals surface area contributed by atoms with Crippen molar-refractivity contribution in [1.29, 1.82) is 0 Å². The van der Waals surface area contributed by atoms with Crippen LogP contribution in [0.5, 0.6) is 0 Å². The lowest BCUT2D eigenvalue weighted by atomic mass is 9.96. The SMILES string of the molecule is c1ccc(-c2ccc(-c3ccc(N(c4cccc(-c5cccc6ccccc56)c4)c4ccccc4-c4cccc5c4oc4cc6ccccc6cc45)cc3)cc2)cc1. The molecule has 0 bridgehead atoms. The number of para-hydroxylation sites is 2. The zero-order chi connectivity index (χ0) is 38.4. The molecule has 0 aliphatic rings. The lowest BCUT2D eigenvalue weighted by Gasteiger charge is -2.28. The van der Waals surface area contributed by atoms with Crippen molar-refractivity contribution in [2.45, 2.75) is 0 Å². The lowest BCUT2D eigenvalue weighted by Crippen LogP contribution is -2.11. The van der Waals surface area contributed by atoms with Crippen LogP contribution in [-0.2, 0) is 0 Å². The minimum Gasteiger partial charge on any atom is -0.455 e. The molecule has 0 amide bonds. The van der Waals surface area contributed by atoms with E-state index in [0.717, 1.165) is 50.1 Å². The van der Waals surface area contributed by atoms with Crippen molar-refractivity contribution >= 4 is 60.5 Å². The van der Waals surface area contributed by atoms with Crippen molar-refractivity contribution in [1.82, 2.24) is 0 Å². The smallest absolute Gasteiger partial charge is 0.143 e. The van der Waals surface area contributed by atoms with Gasteiger partial charge in [0.25, 0.3) is 0 Å². The molecule has 1 aromatic heterocycles. The molecule has 0 radical (unpaired) electrons. The normalized spacial score (nSPS) is 11.4. The quantitative estimate of drug-likeness (QED) is 0.162. The lowest BCUT2D eigenvalue weighted by molar-refractivity contribution is 0.670. The Bertz CT molecular complexity index is 3260. The van der Waals surface area contributed by atoms with Crippen LogP contribution in [0.3, 0.4) is 0 Å². The highest BCUT2D eigenvalue weighted by Crippen LogP contribution is 2.46. The van der Waals surface area contributed by atoms with Crippen molar-refractivity contribution in [2.24, 2.45) is 0 Å². The topological polar surface area (TPSA) is 16.4 Å². The second kappa shape index (κ2) is 14.1. The first kappa shape index (κ1) is 33.6. The van der Waals surface area contributed by atoms with Gasteiger partial charge in [0, 0.05) is 33.3 Å². The number of benzene rings is 10. The Hall–Kier alpha value is -7.68. The van der Waals surface area contributed by atoms with Crippen molar-refractivity contribution in [3.05, 3.63) is 224 Å². The number of hydrogen-bond acceptors (Lipinski definition) is 2. The summed E-state index contributed by atoms with van der Waals surface area (Å²) in [6.07, 6.45) is 0. The largest absolute Gasteiger partial charge is 0.455 e. The summed E-state index contributed by atoms with van der Waals surface area (Å²) in [6, 6.07) is 80.6. The summed E-state index contributed by atoms with van der Waals surface area (Å²) in [5, 5.41) is 7.08. The Morgan fingerprint density at radius 1 is 0.293 bits per heavy atom. The van der Waals surface area contributed by atoms with Gasteiger partial charge in [-0.25, -0.2) is 0 Å². The molecule has 272 valence electrons. The maximum absolute atomic E-state index is 6.79. The average Bonchev–Trinajstić information content (AvgIpc) is 3.66. The molecule has 0 aliphatic carbocycles. The summed E-state index contributed by atoms with van der Waals surface area (Å²) >= 11 is 0. The van der Waals surface area contributed by atoms with Gasteiger partial charge in [0.15, 0.2) is 0 Å². The average molecular weight is 740 g/mol. The van der Waals surface area contributed by atoms with Gasteiger partial charge in [0.1, 0.15) is 11.2 Å². The monoisotopic (exact) mass is 739 g/mol. The van der Waals surface area contributed by atoms with Gasteiger partial charge in [0.2, 0.25) is 0 Å². The van der Waals surface area contributed by atoms with E-state index in [1.54, 1.807) is 0 Å². The van der Waals surface area contributed by atoms with Crippen molar-refractivity contribution in [3.63, 3.8) is 0 Å². The van der Waals surface area contributed by atoms with Crippen LogP contribution in [0.2, 0.25) is 0 Å². The van der Waals surface area contributed by atoms with Gasteiger partial charge >= 0.3 is 0 Å². The van der Waals surface area contributed by atoms with Crippen molar-refractivity contribution in [3.8, 4) is 44.5 Å². The highest BCUT2D eigenvalue weighted by Gasteiger charge is 2.21. The second-order valence-corrected chi connectivity index (χ2v) is 14.9. The molecule has 2 heteroatoms. The molecule has 0 atom stereocenters. The first-order chi connectivity index (χ1) is 28.7. The molecule has 0 saturated carbocycles. The molecule has 2 nitrogen and oxygen atoms in total. The molecule has 0 saturated heterocycles. The van der Waals surface area contributed by atoms with E-state index in [2.05, 4.69) is 229 Å². The minimum atomic E-state index is 0.888. The summed E-state index contributed by atoms with van der Waals surface area (Å²) in [5.74, 6) is 0. The molecule has 11 aromatic rings. The first-order valence-corrected chi connectivity index (χ1v) is 19.8. The van der Waals surface area contributed by atoms with Gasteiger partial charge < -0.3 is 9.32 Å². The van der Waals surface area contributed by atoms with E-state index >= 15 is 0 Å². The standard InChI is InChI=1S/C56H37NO/c1-2-13-38(14-3-1)39-27-29-40(30-28-39)41-31-33-46(34-32-41)57(47-20-10-19-45(35-47)49-23-11-18-42-15-6-7-21-48(42)49)54-26-9-8-22-50(54)51-24-12-25-52-53-36-43-16-4-5-17-44(43)37-55(53)58-56(51)52/h1-37H. The van der Waals surface area contributed by atoms with Crippen LogP contribution < -0.4 is 4.90 Å². The predicted octanol–water partition coefficient (Wildman–Crippen LogP) is 16.0. The van der Waals surface area contributed by atoms with E-state index in [9.17, 15) is 0 Å². The molecule has 11 rings (SSSR count). The van der Waals surface area contributed by atoms with E-state index in [4.69, 9.17) is 4.42 Å². The third kappa shape index (κ3) is 5.91. The fourth-order valence-electron chi connectivity index (χ4n) is 8.60. The molecular weight excluding hydrogens is 703 g/mol. The van der Waals surface area contributed by atoms with Crippen molar-refractivity contribution in [2.75, 3.05) is 4.90 Å². The highest BCUT2D eigenvalue weighted by molar-refractivity contribution is 6.14. The van der Waals surface area contributed by atoms with Crippen LogP contribution in [0, 0.1) is 0 Å². The van der Waals surface area contributed by atoms with E-state index in [-0.39, 0.29) is 0 Å². The van der Waals surface area contributed by atoms with Crippen LogP contribution in [0.25, 0.3) is 88.0 Å². The van der Waals surface area contributed by atoms with Gasteiger partial charge in [-0.05, 0) is 97.4 Å². The van der Waals surface area contributed by atoms with Gasteiger partial charge in [-0.1, -0.05) is 182 Å². The maximum atomic E-state index is 6.79. The third-order valence-corrected chi connectivity index (χ3v) is 11.5. The molecular formula is C56H37NO. The van der Waals surface area contributed by atoms with Crippen LogP contribution in [0.15, 0.2) is 229 Å². The van der Waals surface area contributed by atoms with Crippen LogP contribution in [0.1, 0.15) is 0 Å². The fraction of sp³-hybridized carbons (Fsp3) is 0. The van der Waals surface area contributed by atoms with Gasteiger partial charge in [-0.2, -0.15) is 0 Å². The molecule has 0 spiro atoms. The Morgan fingerprint density at radius 2 is 0.828 bits per heavy atom. The van der Waals surface area contributed by atoms with E-state index in [1.807, 2.05) is 0 Å². The highest BCUT2D eigenvalue weighted by atomic mass is 16.3. The van der Waals surface area contributed by atoms with Gasteiger partial charge in [-0.3, -0.25) is 0 Å². The molecule has 10 aromatic carbocycles. The summed E-state index contributed by atoms with van der Waals surface area (Å²) in [7, 11) is 0. The Kier molecular flexibility index (Phi) is 8.19. The number of nitrogens with zero attached hydrogens (tertiary/aromatic N) is 1.